The molecule has 0 aliphatic carbocycles. The number of ether oxygens (including phenoxy) is 2. The van der Waals surface area contributed by atoms with E-state index in [4.69, 9.17) is 9.47 Å². The number of β-amino-alcohol motifs (C(OH)–C–C–N with tert-alkyl or cyclic N) is 1. The molecule has 0 unspecified atom stereocenters. The summed E-state index contributed by atoms with van der Waals surface area (Å²) in [7, 11) is 0. The van der Waals surface area contributed by atoms with Crippen LogP contribution in [0, 0.1) is 0 Å². The van der Waals surface area contributed by atoms with E-state index in [2.05, 4.69) is 0 Å². The minimum atomic E-state index is -0.705. The highest BCUT2D eigenvalue weighted by molar-refractivity contribution is 5.81. The molecular formula is C17H23NO5. The van der Waals surface area contributed by atoms with E-state index in [1.165, 1.54) is 4.90 Å². The third-order valence-electron chi connectivity index (χ3n) is 3.62. The molecule has 1 aliphatic rings. The Hall–Kier alpha value is -2.08. The highest BCUT2D eigenvalue weighted by atomic mass is 16.6. The molecule has 2 atom stereocenters. The van der Waals surface area contributed by atoms with Crippen LogP contribution in [0.3, 0.4) is 0 Å². The van der Waals surface area contributed by atoms with Crippen molar-refractivity contribution < 1.29 is 24.2 Å². The maximum Gasteiger partial charge on any atom is 0.410 e. The minimum Gasteiger partial charge on any atom is -0.461 e. The quantitative estimate of drug-likeness (QED) is 0.860. The van der Waals surface area contributed by atoms with E-state index < -0.39 is 24.2 Å². The maximum absolute atomic E-state index is 12.3. The van der Waals surface area contributed by atoms with Gasteiger partial charge in [0, 0.05) is 0 Å². The van der Waals surface area contributed by atoms with Crippen molar-refractivity contribution in [3.05, 3.63) is 35.9 Å². The highest BCUT2D eigenvalue weighted by Gasteiger charge is 2.37. The van der Waals surface area contributed by atoms with Gasteiger partial charge in [-0.05, 0) is 32.3 Å². The predicted octanol–water partition coefficient (Wildman–Crippen LogP) is 2.10. The van der Waals surface area contributed by atoms with Gasteiger partial charge in [-0.1, -0.05) is 30.3 Å². The summed E-state index contributed by atoms with van der Waals surface area (Å²) in [5, 5.41) is 9.79. The number of likely N-dealkylation sites (tertiary alicyclic amines) is 1. The third kappa shape index (κ3) is 4.96. The van der Waals surface area contributed by atoms with Gasteiger partial charge in [-0.25, -0.2) is 9.59 Å². The van der Waals surface area contributed by atoms with Gasteiger partial charge in [-0.3, -0.25) is 4.90 Å². The molecule has 2 rings (SSSR count). The molecule has 0 aromatic heterocycles. The largest absolute Gasteiger partial charge is 0.461 e. The fraction of sp³-hybridized carbons (Fsp3) is 0.529. The number of aliphatic hydroxyl groups is 1. The molecule has 0 saturated carbocycles. The fourth-order valence-corrected chi connectivity index (χ4v) is 2.51. The molecule has 6 nitrogen and oxygen atoms in total. The first-order valence-electron chi connectivity index (χ1n) is 7.83. The lowest BCUT2D eigenvalue weighted by Crippen LogP contribution is -2.53. The number of hydrogen-bond acceptors (Lipinski definition) is 5. The number of hydrogen-bond donors (Lipinski definition) is 1. The molecule has 0 bridgehead atoms. The molecule has 0 spiro atoms. The Bertz CT molecular complexity index is 531. The Morgan fingerprint density at radius 2 is 1.96 bits per heavy atom. The first-order valence-corrected chi connectivity index (χ1v) is 7.83. The lowest BCUT2D eigenvalue weighted by molar-refractivity contribution is -0.155. The second kappa shape index (κ2) is 7.97. The van der Waals surface area contributed by atoms with Crippen molar-refractivity contribution >= 4 is 12.1 Å². The van der Waals surface area contributed by atoms with Crippen molar-refractivity contribution in [2.24, 2.45) is 0 Å². The lowest BCUT2D eigenvalue weighted by atomic mass is 10.0. The second-order valence-corrected chi connectivity index (χ2v) is 5.93. The van der Waals surface area contributed by atoms with E-state index in [9.17, 15) is 14.7 Å². The second-order valence-electron chi connectivity index (χ2n) is 5.93. The number of aliphatic hydroxyl groups excluding tert-OH is 1. The first kappa shape index (κ1) is 17.3. The molecule has 1 aliphatic heterocycles. The zero-order valence-electron chi connectivity index (χ0n) is 13.5. The standard InChI is InChI=1S/C17H23NO5/c1-12(2)23-16(20)15-9-8-14(19)10-18(15)17(21)22-11-13-6-4-3-5-7-13/h3-7,12,14-15,19H,8-11H2,1-2H3/t14-,15+/m1/s1. The van der Waals surface area contributed by atoms with Gasteiger partial charge in [0.05, 0.1) is 18.8 Å². The van der Waals surface area contributed by atoms with Crippen LogP contribution >= 0.6 is 0 Å². The number of amides is 1. The summed E-state index contributed by atoms with van der Waals surface area (Å²) < 4.78 is 10.5. The molecule has 1 fully saturated rings. The van der Waals surface area contributed by atoms with Crippen LogP contribution in [0.25, 0.3) is 0 Å². The Morgan fingerprint density at radius 1 is 1.26 bits per heavy atom. The Morgan fingerprint density at radius 3 is 2.61 bits per heavy atom. The summed E-state index contributed by atoms with van der Waals surface area (Å²) in [6, 6.07) is 8.59. The van der Waals surface area contributed by atoms with Crippen LogP contribution in [0.1, 0.15) is 32.3 Å². The molecule has 0 radical (unpaired) electrons. The van der Waals surface area contributed by atoms with Crippen molar-refractivity contribution in [2.45, 2.75) is 51.5 Å². The molecular weight excluding hydrogens is 298 g/mol. The predicted molar refractivity (Wildman–Crippen MR) is 83.6 cm³/mol. The van der Waals surface area contributed by atoms with Gasteiger partial charge in [0.15, 0.2) is 0 Å². The van der Waals surface area contributed by atoms with Crippen molar-refractivity contribution in [1.29, 1.82) is 0 Å². The van der Waals surface area contributed by atoms with E-state index in [1.807, 2.05) is 30.3 Å². The molecule has 1 saturated heterocycles. The van der Waals surface area contributed by atoms with Gasteiger partial charge in [0.2, 0.25) is 0 Å². The summed E-state index contributed by atoms with van der Waals surface area (Å²) >= 11 is 0. The van der Waals surface area contributed by atoms with E-state index in [0.29, 0.717) is 12.8 Å². The van der Waals surface area contributed by atoms with Crippen molar-refractivity contribution in [3.8, 4) is 0 Å². The first-order chi connectivity index (χ1) is 11.0. The highest BCUT2D eigenvalue weighted by Crippen LogP contribution is 2.20. The average molecular weight is 321 g/mol. The maximum atomic E-state index is 12.3. The number of esters is 1. The molecule has 1 amide bonds. The SMILES string of the molecule is CC(C)OC(=O)[C@@H]1CC[C@@H](O)CN1C(=O)OCc1ccccc1. The molecule has 6 heteroatoms. The monoisotopic (exact) mass is 321 g/mol. The van der Waals surface area contributed by atoms with E-state index in [1.54, 1.807) is 13.8 Å². The van der Waals surface area contributed by atoms with Crippen LogP contribution in [-0.2, 0) is 20.9 Å². The number of rotatable bonds is 4. The zero-order chi connectivity index (χ0) is 16.8. The molecule has 1 heterocycles. The lowest BCUT2D eigenvalue weighted by Gasteiger charge is -2.35. The summed E-state index contributed by atoms with van der Waals surface area (Å²) in [5.74, 6) is -0.455. The number of carbonyl (C=O) groups excluding carboxylic acids is 2. The summed E-state index contributed by atoms with van der Waals surface area (Å²) in [6.07, 6.45) is -0.690. The summed E-state index contributed by atoms with van der Waals surface area (Å²) in [5.41, 5.74) is 0.861. The third-order valence-corrected chi connectivity index (χ3v) is 3.62. The average Bonchev–Trinajstić information content (AvgIpc) is 2.52. The Labute approximate surface area is 136 Å². The minimum absolute atomic E-state index is 0.0749. The normalized spacial score (nSPS) is 21.1. The van der Waals surface area contributed by atoms with Gasteiger partial charge < -0.3 is 14.6 Å². The van der Waals surface area contributed by atoms with Gasteiger partial charge in [-0.15, -0.1) is 0 Å². The molecule has 23 heavy (non-hydrogen) atoms. The van der Waals surface area contributed by atoms with Crippen LogP contribution in [0.5, 0.6) is 0 Å². The van der Waals surface area contributed by atoms with Crippen molar-refractivity contribution in [3.63, 3.8) is 0 Å². The van der Waals surface area contributed by atoms with Gasteiger partial charge in [0.25, 0.3) is 0 Å². The van der Waals surface area contributed by atoms with Crippen LogP contribution in [0.4, 0.5) is 4.79 Å². The summed E-state index contributed by atoms with van der Waals surface area (Å²) in [6.45, 7) is 3.71. The van der Waals surface area contributed by atoms with Crippen LogP contribution in [-0.4, -0.2) is 46.9 Å². The number of benzene rings is 1. The van der Waals surface area contributed by atoms with E-state index in [0.717, 1.165) is 5.56 Å². The van der Waals surface area contributed by atoms with Crippen molar-refractivity contribution in [2.75, 3.05) is 6.54 Å². The molecule has 126 valence electrons. The van der Waals surface area contributed by atoms with Gasteiger partial charge in [0.1, 0.15) is 12.6 Å². The zero-order valence-corrected chi connectivity index (χ0v) is 13.5. The number of carbonyl (C=O) groups is 2. The fourth-order valence-electron chi connectivity index (χ4n) is 2.51. The molecule has 1 N–H and O–H groups in total. The number of nitrogens with zero attached hydrogens (tertiary/aromatic N) is 1. The summed E-state index contributed by atoms with van der Waals surface area (Å²) in [4.78, 5) is 25.7. The van der Waals surface area contributed by atoms with Gasteiger partial charge in [-0.2, -0.15) is 0 Å². The van der Waals surface area contributed by atoms with E-state index >= 15 is 0 Å². The Kier molecular flexibility index (Phi) is 5.98. The van der Waals surface area contributed by atoms with Crippen molar-refractivity contribution in [1.82, 2.24) is 4.90 Å². The van der Waals surface area contributed by atoms with Crippen LogP contribution in [0.15, 0.2) is 30.3 Å². The molecule has 1 aromatic rings. The molecule has 1 aromatic carbocycles. The topological polar surface area (TPSA) is 76.1 Å². The van der Waals surface area contributed by atoms with E-state index in [-0.39, 0.29) is 19.3 Å². The Balaban J connectivity index is 1.99. The van der Waals surface area contributed by atoms with Crippen LogP contribution < -0.4 is 0 Å². The van der Waals surface area contributed by atoms with Crippen LogP contribution in [0.2, 0.25) is 0 Å². The smallest absolute Gasteiger partial charge is 0.410 e. The number of piperidine rings is 1. The van der Waals surface area contributed by atoms with Gasteiger partial charge >= 0.3 is 12.1 Å².